The third-order valence-electron chi connectivity index (χ3n) is 5.16. The summed E-state index contributed by atoms with van der Waals surface area (Å²) < 4.78 is 0. The summed E-state index contributed by atoms with van der Waals surface area (Å²) in [5, 5.41) is 5.97. The number of rotatable bonds is 3. The summed E-state index contributed by atoms with van der Waals surface area (Å²) in [5.74, 6) is -0.179. The van der Waals surface area contributed by atoms with Crippen molar-refractivity contribution >= 4 is 50.2 Å². The van der Waals surface area contributed by atoms with Gasteiger partial charge in [-0.05, 0) is 54.8 Å². The molecule has 1 amide bonds. The number of benzene rings is 1. The van der Waals surface area contributed by atoms with Crippen molar-refractivity contribution in [3.63, 3.8) is 0 Å². The van der Waals surface area contributed by atoms with Gasteiger partial charge in [-0.1, -0.05) is 24.3 Å². The first-order chi connectivity index (χ1) is 13.7. The van der Waals surface area contributed by atoms with Crippen LogP contribution in [0.4, 0.5) is 11.4 Å². The van der Waals surface area contributed by atoms with Crippen LogP contribution in [-0.4, -0.2) is 10.9 Å². The SMILES string of the molecule is Nc1c(C(=O)Nc2ccccc2)sc2nc3c(c(-c4cccs4)c12)CCCC3. The Hall–Kier alpha value is -2.70. The Bertz CT molecular complexity index is 1160. The zero-order chi connectivity index (χ0) is 19.1. The van der Waals surface area contributed by atoms with Crippen LogP contribution in [0.3, 0.4) is 0 Å². The summed E-state index contributed by atoms with van der Waals surface area (Å²) in [7, 11) is 0. The van der Waals surface area contributed by atoms with Crippen LogP contribution in [0.15, 0.2) is 47.8 Å². The molecule has 1 aliphatic rings. The zero-order valence-electron chi connectivity index (χ0n) is 15.2. The van der Waals surface area contributed by atoms with Crippen LogP contribution in [0, 0.1) is 0 Å². The van der Waals surface area contributed by atoms with E-state index in [0.717, 1.165) is 35.2 Å². The summed E-state index contributed by atoms with van der Waals surface area (Å²) in [4.78, 5) is 20.4. The number of hydrogen-bond acceptors (Lipinski definition) is 5. The van der Waals surface area contributed by atoms with E-state index in [1.807, 2.05) is 30.3 Å². The lowest BCUT2D eigenvalue weighted by Crippen LogP contribution is -2.12. The molecule has 0 saturated heterocycles. The van der Waals surface area contributed by atoms with Gasteiger partial charge in [-0.3, -0.25) is 4.79 Å². The van der Waals surface area contributed by atoms with E-state index in [0.29, 0.717) is 10.6 Å². The van der Waals surface area contributed by atoms with Crippen molar-refractivity contribution in [2.75, 3.05) is 11.1 Å². The summed E-state index contributed by atoms with van der Waals surface area (Å²) >= 11 is 3.11. The van der Waals surface area contributed by atoms with Crippen molar-refractivity contribution < 1.29 is 4.79 Å². The molecular formula is C22H19N3OS2. The van der Waals surface area contributed by atoms with Crippen LogP contribution in [0.2, 0.25) is 0 Å². The highest BCUT2D eigenvalue weighted by molar-refractivity contribution is 7.21. The third kappa shape index (κ3) is 2.89. The van der Waals surface area contributed by atoms with E-state index in [-0.39, 0.29) is 5.91 Å². The van der Waals surface area contributed by atoms with Gasteiger partial charge >= 0.3 is 0 Å². The molecule has 28 heavy (non-hydrogen) atoms. The Morgan fingerprint density at radius 1 is 1.07 bits per heavy atom. The summed E-state index contributed by atoms with van der Waals surface area (Å²) in [5.41, 5.74) is 11.5. The molecule has 0 saturated carbocycles. The molecule has 4 nitrogen and oxygen atoms in total. The van der Waals surface area contributed by atoms with Gasteiger partial charge in [0.15, 0.2) is 0 Å². The van der Waals surface area contributed by atoms with Crippen molar-refractivity contribution in [3.8, 4) is 10.4 Å². The molecule has 0 aliphatic heterocycles. The van der Waals surface area contributed by atoms with Crippen LogP contribution in [0.1, 0.15) is 33.8 Å². The van der Waals surface area contributed by atoms with E-state index in [2.05, 4.69) is 22.8 Å². The Balaban J connectivity index is 1.68. The number of amides is 1. The second-order valence-electron chi connectivity index (χ2n) is 6.94. The fourth-order valence-corrected chi connectivity index (χ4v) is 5.70. The number of carbonyl (C=O) groups excluding carboxylic acids is 1. The molecule has 3 aromatic heterocycles. The number of nitrogen functional groups attached to an aromatic ring is 1. The van der Waals surface area contributed by atoms with Gasteiger partial charge in [0.05, 0.1) is 5.69 Å². The standard InChI is InChI=1S/C22H19N3OS2/c23-19-18-17(16-11-6-12-27-16)14-9-4-5-10-15(14)25-22(18)28-20(19)21(26)24-13-7-2-1-3-8-13/h1-3,6-8,11-12H,4-5,9-10,23H2,(H,24,26). The minimum absolute atomic E-state index is 0.179. The Morgan fingerprint density at radius 3 is 2.68 bits per heavy atom. The number of nitrogens with two attached hydrogens (primary N) is 1. The number of fused-ring (bicyclic) bond motifs is 2. The number of aryl methyl sites for hydroxylation is 1. The molecule has 0 fully saturated rings. The molecule has 4 aromatic rings. The van der Waals surface area contributed by atoms with Crippen LogP contribution in [0.25, 0.3) is 20.7 Å². The van der Waals surface area contributed by atoms with E-state index in [1.54, 1.807) is 11.3 Å². The van der Waals surface area contributed by atoms with Crippen molar-refractivity contribution in [2.24, 2.45) is 0 Å². The lowest BCUT2D eigenvalue weighted by Gasteiger charge is -2.19. The quantitative estimate of drug-likeness (QED) is 0.457. The van der Waals surface area contributed by atoms with Crippen LogP contribution in [0.5, 0.6) is 0 Å². The predicted molar refractivity (Wildman–Crippen MR) is 118 cm³/mol. The topological polar surface area (TPSA) is 68.0 Å². The first-order valence-corrected chi connectivity index (χ1v) is 11.1. The van der Waals surface area contributed by atoms with E-state index in [9.17, 15) is 4.79 Å². The van der Waals surface area contributed by atoms with E-state index < -0.39 is 0 Å². The minimum atomic E-state index is -0.179. The molecule has 3 heterocycles. The Morgan fingerprint density at radius 2 is 1.89 bits per heavy atom. The van der Waals surface area contributed by atoms with Gasteiger partial charge < -0.3 is 11.1 Å². The van der Waals surface area contributed by atoms with Crippen LogP contribution >= 0.6 is 22.7 Å². The summed E-state index contributed by atoms with van der Waals surface area (Å²) in [6.07, 6.45) is 4.35. The van der Waals surface area contributed by atoms with Gasteiger partial charge in [0.2, 0.25) is 0 Å². The first-order valence-electron chi connectivity index (χ1n) is 9.36. The van der Waals surface area contributed by atoms with E-state index in [4.69, 9.17) is 10.7 Å². The average Bonchev–Trinajstić information content (AvgIpc) is 3.36. The number of carbonyl (C=O) groups is 1. The molecule has 6 heteroatoms. The summed E-state index contributed by atoms with van der Waals surface area (Å²) in [6, 6.07) is 13.7. The average molecular weight is 406 g/mol. The van der Waals surface area contributed by atoms with Crippen molar-refractivity contribution in [1.82, 2.24) is 4.98 Å². The molecule has 5 rings (SSSR count). The van der Waals surface area contributed by atoms with Gasteiger partial charge in [-0.15, -0.1) is 22.7 Å². The molecule has 0 atom stereocenters. The number of thiophene rings is 2. The Kier molecular flexibility index (Phi) is 4.37. The van der Waals surface area contributed by atoms with Gasteiger partial charge in [0.1, 0.15) is 9.71 Å². The molecule has 1 aromatic carbocycles. The minimum Gasteiger partial charge on any atom is -0.397 e. The number of hydrogen-bond donors (Lipinski definition) is 2. The lowest BCUT2D eigenvalue weighted by atomic mass is 9.90. The molecular weight excluding hydrogens is 386 g/mol. The number of nitrogens with one attached hydrogen (secondary N) is 1. The number of aromatic nitrogens is 1. The lowest BCUT2D eigenvalue weighted by molar-refractivity contribution is 0.103. The number of nitrogens with zero attached hydrogens (tertiary/aromatic N) is 1. The third-order valence-corrected chi connectivity index (χ3v) is 7.14. The van der Waals surface area contributed by atoms with Crippen molar-refractivity contribution in [1.29, 1.82) is 0 Å². The van der Waals surface area contributed by atoms with Crippen LogP contribution in [-0.2, 0) is 12.8 Å². The van der Waals surface area contributed by atoms with Gasteiger partial charge in [0, 0.05) is 27.2 Å². The smallest absolute Gasteiger partial charge is 0.267 e. The highest BCUT2D eigenvalue weighted by Crippen LogP contribution is 2.45. The van der Waals surface area contributed by atoms with Gasteiger partial charge in [-0.25, -0.2) is 4.98 Å². The fraction of sp³-hybridized carbons (Fsp3) is 0.182. The molecule has 0 radical (unpaired) electrons. The second-order valence-corrected chi connectivity index (χ2v) is 8.89. The molecule has 0 bridgehead atoms. The number of para-hydroxylation sites is 1. The molecule has 0 spiro atoms. The normalized spacial score (nSPS) is 13.4. The maximum atomic E-state index is 12.9. The second kappa shape index (κ2) is 7.04. The molecule has 3 N–H and O–H groups in total. The highest BCUT2D eigenvalue weighted by atomic mass is 32.1. The maximum absolute atomic E-state index is 12.9. The monoisotopic (exact) mass is 405 g/mol. The molecule has 1 aliphatic carbocycles. The fourth-order valence-electron chi connectivity index (χ4n) is 3.88. The molecule has 0 unspecified atom stereocenters. The van der Waals surface area contributed by atoms with E-state index >= 15 is 0 Å². The first kappa shape index (κ1) is 17.4. The van der Waals surface area contributed by atoms with Crippen LogP contribution < -0.4 is 11.1 Å². The Labute approximate surface area is 171 Å². The largest absolute Gasteiger partial charge is 0.397 e. The summed E-state index contributed by atoms with van der Waals surface area (Å²) in [6.45, 7) is 0. The van der Waals surface area contributed by atoms with Crippen molar-refractivity contribution in [3.05, 3.63) is 64.0 Å². The van der Waals surface area contributed by atoms with Gasteiger partial charge in [0.25, 0.3) is 5.91 Å². The molecule has 140 valence electrons. The van der Waals surface area contributed by atoms with Crippen molar-refractivity contribution in [2.45, 2.75) is 25.7 Å². The maximum Gasteiger partial charge on any atom is 0.267 e. The highest BCUT2D eigenvalue weighted by Gasteiger charge is 2.26. The predicted octanol–water partition coefficient (Wildman–Crippen LogP) is 5.74. The number of pyridine rings is 1. The van der Waals surface area contributed by atoms with Gasteiger partial charge in [-0.2, -0.15) is 0 Å². The number of anilines is 2. The van der Waals surface area contributed by atoms with E-state index in [1.165, 1.54) is 39.5 Å². The zero-order valence-corrected chi connectivity index (χ0v) is 16.8.